The quantitative estimate of drug-likeness (QED) is 0.0466. The summed E-state index contributed by atoms with van der Waals surface area (Å²) in [5, 5.41) is 68.5. The first-order chi connectivity index (χ1) is 34.1. The van der Waals surface area contributed by atoms with E-state index in [0.717, 1.165) is 47.0 Å². The first-order valence-corrected chi connectivity index (χ1v) is 24.2. The van der Waals surface area contributed by atoms with Crippen LogP contribution in [0, 0.1) is 27.7 Å². The van der Waals surface area contributed by atoms with E-state index >= 15 is 0 Å². The number of aryl methyl sites for hydroxylation is 4. The van der Waals surface area contributed by atoms with E-state index in [1.165, 1.54) is 18.2 Å². The zero-order valence-corrected chi connectivity index (χ0v) is 39.8. The van der Waals surface area contributed by atoms with E-state index in [1.807, 2.05) is 26.8 Å². The minimum Gasteiger partial charge on any atom is -0.507 e. The number of carboxylic acids is 1. The number of amides is 1. The van der Waals surface area contributed by atoms with Crippen LogP contribution in [0.15, 0.2) is 178 Å². The van der Waals surface area contributed by atoms with Gasteiger partial charge in [0.05, 0.1) is 34.1 Å². The minimum absolute atomic E-state index is 0.0250. The van der Waals surface area contributed by atoms with Crippen molar-refractivity contribution in [2.45, 2.75) is 37.5 Å². The van der Waals surface area contributed by atoms with Crippen LogP contribution >= 0.6 is 0 Å². The molecule has 72 heavy (non-hydrogen) atoms. The van der Waals surface area contributed by atoms with Gasteiger partial charge in [-0.05, 0) is 170 Å². The topological polar surface area (TPSA) is 314 Å². The Balaban J connectivity index is 0.919. The molecule has 0 unspecified atom stereocenters. The normalized spacial score (nSPS) is 12.3. The molecule has 0 aliphatic heterocycles. The maximum atomic E-state index is 12.8. The predicted octanol–water partition coefficient (Wildman–Crippen LogP) is 13.7. The highest BCUT2D eigenvalue weighted by Gasteiger charge is 2.22. The van der Waals surface area contributed by atoms with Crippen LogP contribution in [-0.2, 0) is 20.2 Å². The maximum Gasteiger partial charge on any atom is 0.339 e. The Morgan fingerprint density at radius 3 is 1.60 bits per heavy atom. The van der Waals surface area contributed by atoms with Crippen molar-refractivity contribution in [1.82, 2.24) is 0 Å². The number of fused-ring (bicyclic) bond motifs is 2. The number of aromatic carboxylic acids is 1. The van der Waals surface area contributed by atoms with Crippen molar-refractivity contribution >= 4 is 105 Å². The molecule has 362 valence electrons. The second-order valence-electron chi connectivity index (χ2n) is 16.3. The summed E-state index contributed by atoms with van der Waals surface area (Å²) >= 11 is 0. The highest BCUT2D eigenvalue weighted by Crippen LogP contribution is 2.39. The van der Waals surface area contributed by atoms with Crippen LogP contribution in [0.25, 0.3) is 21.5 Å². The molecule has 8 aromatic carbocycles. The number of rotatable bonds is 13. The largest absolute Gasteiger partial charge is 0.507 e. The number of hydrogen-bond acceptors (Lipinski definition) is 16. The number of nitrogens with zero attached hydrogens (tertiary/aromatic N) is 8. The lowest BCUT2D eigenvalue weighted by Crippen LogP contribution is -2.12. The molecule has 8 aromatic rings. The molecule has 0 spiro atoms. The Morgan fingerprint density at radius 1 is 0.472 bits per heavy atom. The van der Waals surface area contributed by atoms with Crippen molar-refractivity contribution in [1.29, 1.82) is 0 Å². The van der Waals surface area contributed by atoms with E-state index in [9.17, 15) is 50.8 Å². The Bertz CT molecular complexity index is 3930. The molecule has 22 heteroatoms. The van der Waals surface area contributed by atoms with Gasteiger partial charge < -0.3 is 20.6 Å². The number of azo groups is 4. The molecule has 0 radical (unpaired) electrons. The summed E-state index contributed by atoms with van der Waals surface area (Å²) in [5.74, 6) is -2.55. The van der Waals surface area contributed by atoms with E-state index in [1.54, 1.807) is 79.7 Å². The van der Waals surface area contributed by atoms with Gasteiger partial charge in [0.15, 0.2) is 5.75 Å². The predicted molar refractivity (Wildman–Crippen MR) is 267 cm³/mol. The molecule has 0 aromatic heterocycles. The number of phenols is 2. The maximum absolute atomic E-state index is 12.8. The van der Waals surface area contributed by atoms with Crippen molar-refractivity contribution < 1.29 is 50.8 Å². The van der Waals surface area contributed by atoms with E-state index in [4.69, 9.17) is 0 Å². The van der Waals surface area contributed by atoms with Crippen LogP contribution in [-0.4, -0.2) is 53.1 Å². The number of benzene rings is 8. The average Bonchev–Trinajstić information content (AvgIpc) is 3.32. The summed E-state index contributed by atoms with van der Waals surface area (Å²) in [6, 6.07) is 31.4. The Kier molecular flexibility index (Phi) is 13.6. The van der Waals surface area contributed by atoms with Crippen molar-refractivity contribution in [3.63, 3.8) is 0 Å². The number of hydrogen-bond donors (Lipinski definition) is 6. The number of carboxylic acid groups (broad SMARTS) is 1. The highest BCUT2D eigenvalue weighted by molar-refractivity contribution is 7.86. The van der Waals surface area contributed by atoms with Gasteiger partial charge in [-0.15, -0.1) is 10.2 Å². The molecule has 0 fully saturated rings. The monoisotopic (exact) mass is 1010 g/mol. The lowest BCUT2D eigenvalue weighted by molar-refractivity contribution is 0.0693. The van der Waals surface area contributed by atoms with Crippen LogP contribution in [0.5, 0.6) is 11.5 Å². The Morgan fingerprint density at radius 2 is 1.00 bits per heavy atom. The molecule has 8 rings (SSSR count). The lowest BCUT2D eigenvalue weighted by atomic mass is 10.1. The summed E-state index contributed by atoms with van der Waals surface area (Å²) in [7, 11) is -9.49. The molecule has 0 aliphatic rings. The molecule has 0 saturated carbocycles. The van der Waals surface area contributed by atoms with Gasteiger partial charge in [-0.2, -0.15) is 47.5 Å². The van der Waals surface area contributed by atoms with Crippen LogP contribution in [0.1, 0.15) is 43.0 Å². The summed E-state index contributed by atoms with van der Waals surface area (Å²) < 4.78 is 68.0. The number of phenolic OH excluding ortho intramolecular Hbond substituents is 1. The SMILES string of the molecule is Cc1cc(N=Nc2cc(C)c(N=Nc3ccc4cc(NC(=O)c5ccc(O)c(C(=O)O)c5)ccc4c3O)cc2C)ccc1N=Nc1ccc(N=Nc2cc3c(S(=O)(=O)O)cccc3cc2S(=O)(=O)O)c(C)c1. The van der Waals surface area contributed by atoms with Crippen LogP contribution in [0.3, 0.4) is 0 Å². The third kappa shape index (κ3) is 10.9. The molecular formula is C50H39N9O11S2. The van der Waals surface area contributed by atoms with Gasteiger partial charge in [0, 0.05) is 22.0 Å². The second kappa shape index (κ2) is 19.8. The molecule has 0 heterocycles. The van der Waals surface area contributed by atoms with Crippen molar-refractivity contribution in [2.24, 2.45) is 40.9 Å². The average molecular weight is 1010 g/mol. The molecule has 6 N–H and O–H groups in total. The van der Waals surface area contributed by atoms with Gasteiger partial charge in [-0.3, -0.25) is 13.9 Å². The van der Waals surface area contributed by atoms with Gasteiger partial charge >= 0.3 is 5.97 Å². The first-order valence-electron chi connectivity index (χ1n) is 21.3. The molecule has 0 atom stereocenters. The summed E-state index contributed by atoms with van der Waals surface area (Å²) in [5.41, 5.74) is 5.76. The number of carbonyl (C=O) groups excluding carboxylic acids is 1. The summed E-state index contributed by atoms with van der Waals surface area (Å²) in [6.45, 7) is 7.25. The van der Waals surface area contributed by atoms with Crippen LogP contribution in [0.4, 0.5) is 51.2 Å². The van der Waals surface area contributed by atoms with E-state index < -0.39 is 53.2 Å². The third-order valence-electron chi connectivity index (χ3n) is 11.1. The Labute approximate surface area is 410 Å². The zero-order valence-electron chi connectivity index (χ0n) is 38.2. The smallest absolute Gasteiger partial charge is 0.339 e. The summed E-state index contributed by atoms with van der Waals surface area (Å²) in [6.07, 6.45) is 0. The van der Waals surface area contributed by atoms with E-state index in [-0.39, 0.29) is 33.5 Å². The van der Waals surface area contributed by atoms with E-state index in [0.29, 0.717) is 56.1 Å². The number of aromatic hydroxyl groups is 2. The second-order valence-corrected chi connectivity index (χ2v) is 19.1. The molecule has 0 aliphatic carbocycles. The third-order valence-corrected chi connectivity index (χ3v) is 12.9. The number of carbonyl (C=O) groups is 2. The first kappa shape index (κ1) is 49.5. The highest BCUT2D eigenvalue weighted by atomic mass is 32.2. The fourth-order valence-corrected chi connectivity index (χ4v) is 8.70. The van der Waals surface area contributed by atoms with Crippen LogP contribution in [0.2, 0.25) is 0 Å². The standard InChI is InChI=1S/C50H39N9O11S2/c1-26-18-35(11-15-39(26)54-52-34-12-16-40(27(2)19-34)55-59-44-25-37-30(24-47(44)72(68,69)70)6-5-7-46(37)71(65,66)67)53-57-42-20-29(4)43(21-28(42)3)58-56-41-14-8-31-22-33(10-13-36(31)48(41)61)51-49(62)32-9-17-45(60)38(23-32)50(63)64/h5-25,60-61H,1-4H3,(H,51,62)(H,63,64)(H,65,66,67)(H,68,69,70). The van der Waals surface area contributed by atoms with Gasteiger partial charge in [0.25, 0.3) is 26.1 Å². The molecule has 0 saturated heterocycles. The Hall–Kier alpha value is -8.96. The number of nitrogens with one attached hydrogen (secondary N) is 1. The fraction of sp³-hybridized carbons (Fsp3) is 0.0800. The number of anilines is 1. The van der Waals surface area contributed by atoms with E-state index in [2.05, 4.69) is 46.2 Å². The van der Waals surface area contributed by atoms with Gasteiger partial charge in [-0.1, -0.05) is 18.2 Å². The lowest BCUT2D eigenvalue weighted by Gasteiger charge is -2.09. The molecule has 0 bridgehead atoms. The van der Waals surface area contributed by atoms with Crippen LogP contribution < -0.4 is 5.32 Å². The van der Waals surface area contributed by atoms with Gasteiger partial charge in [-0.25, -0.2) is 4.79 Å². The molecule has 1 amide bonds. The van der Waals surface area contributed by atoms with Crippen molar-refractivity contribution in [3.05, 3.63) is 161 Å². The minimum atomic E-state index is -4.81. The molecule has 20 nitrogen and oxygen atoms in total. The molecular weight excluding hydrogens is 967 g/mol. The van der Waals surface area contributed by atoms with Gasteiger partial charge in [0.1, 0.15) is 32.5 Å². The van der Waals surface area contributed by atoms with Gasteiger partial charge in [0.2, 0.25) is 0 Å². The summed E-state index contributed by atoms with van der Waals surface area (Å²) in [4.78, 5) is 23.1. The fourth-order valence-electron chi connectivity index (χ4n) is 7.35. The van der Waals surface area contributed by atoms with Crippen molar-refractivity contribution in [3.8, 4) is 11.5 Å². The zero-order chi connectivity index (χ0) is 51.6. The van der Waals surface area contributed by atoms with Crippen molar-refractivity contribution in [2.75, 3.05) is 5.32 Å².